The Hall–Kier alpha value is -1.01. The molecule has 0 aromatic carbocycles. The Morgan fingerprint density at radius 3 is 3.19 bits per heavy atom. The lowest BCUT2D eigenvalue weighted by atomic mass is 10.3. The molecule has 1 N–H and O–H groups in total. The number of nitrogens with zero attached hydrogens (tertiary/aromatic N) is 3. The molecule has 0 atom stereocenters. The molecule has 1 aliphatic heterocycles. The van der Waals surface area contributed by atoms with Gasteiger partial charge in [0.15, 0.2) is 5.82 Å². The molecule has 5 nitrogen and oxygen atoms in total. The van der Waals surface area contributed by atoms with Crippen molar-refractivity contribution in [2.24, 2.45) is 0 Å². The van der Waals surface area contributed by atoms with E-state index in [1.165, 1.54) is 0 Å². The third-order valence-electron chi connectivity index (χ3n) is 2.60. The molecule has 0 saturated heterocycles. The second-order valence-corrected chi connectivity index (χ2v) is 4.45. The lowest BCUT2D eigenvalue weighted by molar-refractivity contribution is -0.115. The first kappa shape index (κ1) is 11.5. The molecule has 2 heterocycles. The highest BCUT2D eigenvalue weighted by atomic mass is 32.1. The zero-order valence-electron chi connectivity index (χ0n) is 9.31. The van der Waals surface area contributed by atoms with Crippen molar-refractivity contribution in [1.29, 1.82) is 0 Å². The minimum atomic E-state index is -0.0289. The number of rotatable bonds is 3. The number of fused-ring (bicyclic) bond motifs is 1. The minimum absolute atomic E-state index is 0.0289. The summed E-state index contributed by atoms with van der Waals surface area (Å²) in [5.41, 5.74) is 1.15. The van der Waals surface area contributed by atoms with Crippen LogP contribution >= 0.6 is 12.6 Å². The molecule has 0 fully saturated rings. The third-order valence-corrected chi connectivity index (χ3v) is 2.82. The average molecular weight is 240 g/mol. The molecular weight excluding hydrogens is 224 g/mol. The molecule has 1 aromatic heterocycles. The van der Waals surface area contributed by atoms with Crippen molar-refractivity contribution in [1.82, 2.24) is 14.7 Å². The fourth-order valence-corrected chi connectivity index (χ4v) is 1.97. The van der Waals surface area contributed by atoms with Crippen LogP contribution in [0.5, 0.6) is 0 Å². The second kappa shape index (κ2) is 4.88. The van der Waals surface area contributed by atoms with Gasteiger partial charge in [0.25, 0.3) is 0 Å². The maximum Gasteiger partial charge on any atom is 0.226 e. The van der Waals surface area contributed by atoms with Crippen LogP contribution < -0.4 is 5.32 Å². The van der Waals surface area contributed by atoms with E-state index >= 15 is 0 Å². The number of carbonyl (C=O) groups excluding carboxylic acids is 1. The van der Waals surface area contributed by atoms with E-state index in [0.717, 1.165) is 25.3 Å². The van der Waals surface area contributed by atoms with E-state index < -0.39 is 0 Å². The maximum absolute atomic E-state index is 11.4. The fourth-order valence-electron chi connectivity index (χ4n) is 1.77. The zero-order chi connectivity index (χ0) is 11.5. The summed E-state index contributed by atoms with van der Waals surface area (Å²) in [6.07, 6.45) is 0.422. The number of nitrogens with one attached hydrogen (secondary N) is 1. The van der Waals surface area contributed by atoms with Crippen molar-refractivity contribution in [3.63, 3.8) is 0 Å². The largest absolute Gasteiger partial charge is 0.309 e. The summed E-state index contributed by atoms with van der Waals surface area (Å²) >= 11 is 4.02. The Balaban J connectivity index is 2.04. The summed E-state index contributed by atoms with van der Waals surface area (Å²) in [6.45, 7) is 2.77. The first-order chi connectivity index (χ1) is 7.69. The number of aromatic nitrogens is 2. The Kier molecular flexibility index (Phi) is 3.50. The van der Waals surface area contributed by atoms with Crippen LogP contribution in [0.3, 0.4) is 0 Å². The average Bonchev–Trinajstić information content (AvgIpc) is 2.59. The van der Waals surface area contributed by atoms with Gasteiger partial charge in [-0.3, -0.25) is 14.4 Å². The number of hydrogen-bond donors (Lipinski definition) is 2. The number of anilines is 1. The molecule has 0 radical (unpaired) electrons. The van der Waals surface area contributed by atoms with Gasteiger partial charge in [-0.1, -0.05) is 0 Å². The standard InChI is InChI=1S/C10H16N4OS/c1-13-3-4-14-8(7-13)6-9(12-14)11-10(15)2-5-16/h6,16H,2-5,7H2,1H3,(H,11,12,15). The van der Waals surface area contributed by atoms with Crippen molar-refractivity contribution in [2.45, 2.75) is 19.5 Å². The van der Waals surface area contributed by atoms with Crippen LogP contribution in [0.2, 0.25) is 0 Å². The van der Waals surface area contributed by atoms with Crippen LogP contribution in [-0.4, -0.2) is 39.9 Å². The summed E-state index contributed by atoms with van der Waals surface area (Å²) in [4.78, 5) is 13.6. The quantitative estimate of drug-likeness (QED) is 0.760. The van der Waals surface area contributed by atoms with Crippen LogP contribution in [0.4, 0.5) is 5.82 Å². The maximum atomic E-state index is 11.4. The predicted octanol–water partition coefficient (Wildman–Crippen LogP) is 0.587. The number of carbonyl (C=O) groups is 1. The molecule has 0 unspecified atom stereocenters. The molecule has 1 amide bonds. The summed E-state index contributed by atoms with van der Waals surface area (Å²) in [5.74, 6) is 1.18. The van der Waals surface area contributed by atoms with Gasteiger partial charge in [0, 0.05) is 25.6 Å². The van der Waals surface area contributed by atoms with E-state index in [4.69, 9.17) is 0 Å². The number of likely N-dealkylation sites (N-methyl/N-ethyl adjacent to an activating group) is 1. The second-order valence-electron chi connectivity index (χ2n) is 4.00. The minimum Gasteiger partial charge on any atom is -0.309 e. The summed E-state index contributed by atoms with van der Waals surface area (Å²) in [5, 5.41) is 7.12. The van der Waals surface area contributed by atoms with Gasteiger partial charge in [-0.05, 0) is 12.8 Å². The Morgan fingerprint density at radius 2 is 2.44 bits per heavy atom. The van der Waals surface area contributed by atoms with Gasteiger partial charge >= 0.3 is 0 Å². The fraction of sp³-hybridized carbons (Fsp3) is 0.600. The molecule has 0 bridgehead atoms. The molecule has 1 aliphatic rings. The van der Waals surface area contributed by atoms with Gasteiger partial charge in [0.1, 0.15) is 0 Å². The van der Waals surface area contributed by atoms with Gasteiger partial charge in [0.05, 0.1) is 12.2 Å². The first-order valence-electron chi connectivity index (χ1n) is 5.35. The molecule has 0 aliphatic carbocycles. The number of hydrogen-bond acceptors (Lipinski definition) is 4. The van der Waals surface area contributed by atoms with Gasteiger partial charge in [0.2, 0.25) is 5.91 Å². The van der Waals surface area contributed by atoms with Crippen molar-refractivity contribution < 1.29 is 4.79 Å². The zero-order valence-corrected chi connectivity index (χ0v) is 10.2. The van der Waals surface area contributed by atoms with Gasteiger partial charge in [-0.2, -0.15) is 17.7 Å². The van der Waals surface area contributed by atoms with Gasteiger partial charge < -0.3 is 5.32 Å². The molecule has 2 rings (SSSR count). The third kappa shape index (κ3) is 2.56. The van der Waals surface area contributed by atoms with E-state index in [0.29, 0.717) is 18.0 Å². The van der Waals surface area contributed by atoms with Crippen molar-refractivity contribution >= 4 is 24.4 Å². The van der Waals surface area contributed by atoms with E-state index in [1.54, 1.807) is 0 Å². The molecule has 0 spiro atoms. The first-order valence-corrected chi connectivity index (χ1v) is 5.98. The van der Waals surface area contributed by atoms with Gasteiger partial charge in [-0.15, -0.1) is 0 Å². The van der Waals surface area contributed by atoms with E-state index in [2.05, 4.69) is 35.0 Å². The van der Waals surface area contributed by atoms with Crippen LogP contribution in [0.15, 0.2) is 6.07 Å². The van der Waals surface area contributed by atoms with Crippen LogP contribution in [0, 0.1) is 0 Å². The monoisotopic (exact) mass is 240 g/mol. The molecule has 16 heavy (non-hydrogen) atoms. The molecular formula is C10H16N4OS. The van der Waals surface area contributed by atoms with E-state index in [1.807, 2.05) is 10.7 Å². The number of thiol groups is 1. The Bertz CT molecular complexity index is 390. The summed E-state index contributed by atoms with van der Waals surface area (Å²) < 4.78 is 1.95. The summed E-state index contributed by atoms with van der Waals surface area (Å²) in [7, 11) is 2.08. The number of amides is 1. The Morgan fingerprint density at radius 1 is 1.62 bits per heavy atom. The summed E-state index contributed by atoms with van der Waals surface area (Å²) in [6, 6.07) is 1.94. The molecule has 0 saturated carbocycles. The van der Waals surface area contributed by atoms with E-state index in [9.17, 15) is 4.79 Å². The smallest absolute Gasteiger partial charge is 0.226 e. The highest BCUT2D eigenvalue weighted by Gasteiger charge is 2.16. The normalized spacial score (nSPS) is 15.9. The topological polar surface area (TPSA) is 50.2 Å². The molecule has 6 heteroatoms. The predicted molar refractivity (Wildman–Crippen MR) is 65.7 cm³/mol. The van der Waals surface area contributed by atoms with Crippen molar-refractivity contribution in [3.05, 3.63) is 11.8 Å². The van der Waals surface area contributed by atoms with E-state index in [-0.39, 0.29) is 5.91 Å². The highest BCUT2D eigenvalue weighted by Crippen LogP contribution is 2.15. The van der Waals surface area contributed by atoms with Gasteiger partial charge in [-0.25, -0.2) is 0 Å². The van der Waals surface area contributed by atoms with Crippen molar-refractivity contribution in [2.75, 3.05) is 24.7 Å². The van der Waals surface area contributed by atoms with Crippen LogP contribution in [0.25, 0.3) is 0 Å². The highest BCUT2D eigenvalue weighted by molar-refractivity contribution is 7.80. The SMILES string of the molecule is CN1CCn2nc(NC(=O)CCS)cc2C1. The lowest BCUT2D eigenvalue weighted by Crippen LogP contribution is -2.30. The molecule has 1 aromatic rings. The van der Waals surface area contributed by atoms with Crippen molar-refractivity contribution in [3.8, 4) is 0 Å². The Labute approximate surface area is 100 Å². The lowest BCUT2D eigenvalue weighted by Gasteiger charge is -2.22. The van der Waals surface area contributed by atoms with Crippen LogP contribution in [0.1, 0.15) is 12.1 Å². The molecule has 88 valence electrons. The van der Waals surface area contributed by atoms with Crippen LogP contribution in [-0.2, 0) is 17.9 Å².